The maximum Gasteiger partial charge on any atom is 0.280 e. The number of nitro groups is 1. The van der Waals surface area contributed by atoms with Crippen LogP contribution in [0, 0.1) is 17.0 Å². The Morgan fingerprint density at radius 2 is 2.27 bits per heavy atom. The normalized spacial score (nSPS) is 10.7. The van der Waals surface area contributed by atoms with Crippen molar-refractivity contribution in [3.63, 3.8) is 0 Å². The second-order valence-electron chi connectivity index (χ2n) is 2.83. The Labute approximate surface area is 89.0 Å². The second-order valence-corrected chi connectivity index (χ2v) is 3.10. The highest BCUT2D eigenvalue weighted by molar-refractivity contribution is 6.17. The lowest BCUT2D eigenvalue weighted by Gasteiger charge is -2.05. The maximum atomic E-state index is 12.3. The monoisotopic (exact) mass is 236 g/mol. The number of pyridine rings is 1. The van der Waals surface area contributed by atoms with Crippen LogP contribution in [0.15, 0.2) is 6.07 Å². The van der Waals surface area contributed by atoms with E-state index in [0.717, 1.165) is 6.07 Å². The molecule has 0 aliphatic rings. The lowest BCUT2D eigenvalue weighted by Crippen LogP contribution is -2.02. The summed E-state index contributed by atoms with van der Waals surface area (Å²) in [5.41, 5.74) is -0.667. The van der Waals surface area contributed by atoms with Crippen LogP contribution in [0.1, 0.15) is 23.4 Å². The summed E-state index contributed by atoms with van der Waals surface area (Å²) in [5, 5.41) is 10.6. The fourth-order valence-corrected chi connectivity index (χ4v) is 1.36. The Hall–Kier alpha value is -1.30. The number of halogens is 3. The predicted octanol–water partition coefficient (Wildman–Crippen LogP) is 2.97. The Bertz CT molecular complexity index is 398. The quantitative estimate of drug-likeness (QED) is 0.461. The van der Waals surface area contributed by atoms with Crippen LogP contribution >= 0.6 is 11.6 Å². The van der Waals surface area contributed by atoms with E-state index in [2.05, 4.69) is 4.98 Å². The zero-order valence-corrected chi connectivity index (χ0v) is 8.46. The van der Waals surface area contributed by atoms with Crippen molar-refractivity contribution in [1.29, 1.82) is 0 Å². The molecule has 0 saturated heterocycles. The fraction of sp³-hybridized carbons (Fsp3) is 0.375. The molecule has 0 fully saturated rings. The molecule has 0 aromatic carbocycles. The van der Waals surface area contributed by atoms with E-state index in [9.17, 15) is 18.9 Å². The molecule has 82 valence electrons. The van der Waals surface area contributed by atoms with E-state index >= 15 is 0 Å². The second kappa shape index (κ2) is 4.48. The molecule has 1 heterocycles. The van der Waals surface area contributed by atoms with Gasteiger partial charge in [0.2, 0.25) is 0 Å². The zero-order chi connectivity index (χ0) is 11.6. The van der Waals surface area contributed by atoms with Crippen LogP contribution in [0.5, 0.6) is 0 Å². The Morgan fingerprint density at radius 1 is 1.67 bits per heavy atom. The molecule has 0 bridgehead atoms. The number of rotatable bonds is 3. The van der Waals surface area contributed by atoms with Crippen LogP contribution in [-0.4, -0.2) is 9.91 Å². The summed E-state index contributed by atoms with van der Waals surface area (Å²) >= 11 is 5.46. The van der Waals surface area contributed by atoms with Crippen molar-refractivity contribution in [1.82, 2.24) is 4.98 Å². The molecule has 1 aromatic heterocycles. The Kier molecular flexibility index (Phi) is 3.52. The maximum absolute atomic E-state index is 12.3. The van der Waals surface area contributed by atoms with Gasteiger partial charge in [-0.1, -0.05) is 0 Å². The van der Waals surface area contributed by atoms with Gasteiger partial charge < -0.3 is 0 Å². The molecule has 0 atom stereocenters. The molecular weight excluding hydrogens is 230 g/mol. The van der Waals surface area contributed by atoms with Crippen LogP contribution in [0.4, 0.5) is 14.5 Å². The fourth-order valence-electron chi connectivity index (χ4n) is 1.10. The van der Waals surface area contributed by atoms with E-state index < -0.39 is 17.0 Å². The van der Waals surface area contributed by atoms with Crippen LogP contribution in [-0.2, 0) is 5.88 Å². The third-order valence-electron chi connectivity index (χ3n) is 1.91. The topological polar surface area (TPSA) is 56.0 Å². The minimum atomic E-state index is -2.84. The Morgan fingerprint density at radius 3 is 2.67 bits per heavy atom. The molecule has 7 heteroatoms. The molecule has 0 aliphatic heterocycles. The van der Waals surface area contributed by atoms with Crippen molar-refractivity contribution in [2.75, 3.05) is 0 Å². The van der Waals surface area contributed by atoms with Gasteiger partial charge in [-0.15, -0.1) is 11.6 Å². The Balaban J connectivity index is 3.38. The average Bonchev–Trinajstić information content (AvgIpc) is 2.17. The van der Waals surface area contributed by atoms with E-state index in [4.69, 9.17) is 11.6 Å². The first-order chi connectivity index (χ1) is 6.97. The third kappa shape index (κ3) is 2.38. The van der Waals surface area contributed by atoms with Gasteiger partial charge in [0.1, 0.15) is 5.69 Å². The van der Waals surface area contributed by atoms with Gasteiger partial charge in [-0.25, -0.2) is 13.8 Å². The van der Waals surface area contributed by atoms with E-state index in [0.29, 0.717) is 0 Å². The van der Waals surface area contributed by atoms with Crippen LogP contribution in [0.2, 0.25) is 0 Å². The van der Waals surface area contributed by atoms with Crippen molar-refractivity contribution in [3.05, 3.63) is 33.1 Å². The van der Waals surface area contributed by atoms with Crippen molar-refractivity contribution < 1.29 is 13.7 Å². The summed E-state index contributed by atoms with van der Waals surface area (Å²) in [6.07, 6.45) is -2.84. The summed E-state index contributed by atoms with van der Waals surface area (Å²) in [7, 11) is 0. The summed E-state index contributed by atoms with van der Waals surface area (Å²) in [4.78, 5) is 13.4. The summed E-state index contributed by atoms with van der Waals surface area (Å²) in [5.74, 6) is -0.132. The average molecular weight is 237 g/mol. The van der Waals surface area contributed by atoms with Crippen molar-refractivity contribution >= 4 is 17.3 Å². The first-order valence-electron chi connectivity index (χ1n) is 3.96. The highest BCUT2D eigenvalue weighted by atomic mass is 35.5. The van der Waals surface area contributed by atoms with Gasteiger partial charge in [-0.2, -0.15) is 0 Å². The summed E-state index contributed by atoms with van der Waals surface area (Å²) < 4.78 is 24.7. The molecule has 0 aliphatic carbocycles. The van der Waals surface area contributed by atoms with Crippen molar-refractivity contribution in [2.24, 2.45) is 0 Å². The van der Waals surface area contributed by atoms with Crippen molar-refractivity contribution in [2.45, 2.75) is 19.2 Å². The molecular formula is C8H7ClF2N2O2. The van der Waals surface area contributed by atoms with E-state index in [1.165, 1.54) is 6.92 Å². The van der Waals surface area contributed by atoms with Gasteiger partial charge in [0, 0.05) is 11.6 Å². The number of nitrogens with zero attached hydrogens (tertiary/aromatic N) is 2. The molecule has 0 spiro atoms. The van der Waals surface area contributed by atoms with E-state index in [1.54, 1.807) is 0 Å². The van der Waals surface area contributed by atoms with E-state index in [1.807, 2.05) is 0 Å². The lowest BCUT2D eigenvalue weighted by atomic mass is 10.1. The molecule has 0 N–H and O–H groups in total. The van der Waals surface area contributed by atoms with E-state index in [-0.39, 0.29) is 22.8 Å². The SMILES string of the molecule is Cc1c([N+](=O)[O-])cc(C(F)F)nc1CCl. The number of alkyl halides is 3. The molecule has 1 rings (SSSR count). The minimum absolute atomic E-state index is 0.112. The largest absolute Gasteiger partial charge is 0.280 e. The molecule has 0 amide bonds. The number of hydrogen-bond acceptors (Lipinski definition) is 3. The first-order valence-corrected chi connectivity index (χ1v) is 4.49. The van der Waals surface area contributed by atoms with Gasteiger partial charge in [0.25, 0.3) is 12.1 Å². The lowest BCUT2D eigenvalue weighted by molar-refractivity contribution is -0.385. The molecule has 4 nitrogen and oxygen atoms in total. The van der Waals surface area contributed by atoms with Gasteiger partial charge in [0.15, 0.2) is 0 Å². The molecule has 15 heavy (non-hydrogen) atoms. The van der Waals surface area contributed by atoms with Crippen molar-refractivity contribution in [3.8, 4) is 0 Å². The van der Waals surface area contributed by atoms with Gasteiger partial charge in [-0.3, -0.25) is 10.1 Å². The number of aromatic nitrogens is 1. The first kappa shape index (κ1) is 11.8. The predicted molar refractivity (Wildman–Crippen MR) is 50.1 cm³/mol. The van der Waals surface area contributed by atoms with Crippen LogP contribution in [0.25, 0.3) is 0 Å². The number of hydrogen-bond donors (Lipinski definition) is 0. The van der Waals surface area contributed by atoms with Gasteiger partial charge >= 0.3 is 0 Å². The van der Waals surface area contributed by atoms with Gasteiger partial charge in [-0.05, 0) is 6.92 Å². The standard InChI is InChI=1S/C8H7ClF2N2O2/c1-4-6(3-9)12-5(8(10)11)2-7(4)13(14)15/h2,8H,3H2,1H3. The van der Waals surface area contributed by atoms with Crippen LogP contribution < -0.4 is 0 Å². The minimum Gasteiger partial charge on any atom is -0.258 e. The van der Waals surface area contributed by atoms with Gasteiger partial charge in [0.05, 0.1) is 16.5 Å². The third-order valence-corrected chi connectivity index (χ3v) is 2.17. The van der Waals surface area contributed by atoms with Crippen LogP contribution in [0.3, 0.4) is 0 Å². The smallest absolute Gasteiger partial charge is 0.258 e. The molecule has 0 radical (unpaired) electrons. The summed E-state index contributed by atoms with van der Waals surface area (Å²) in [6, 6.07) is 0.774. The summed E-state index contributed by atoms with van der Waals surface area (Å²) in [6.45, 7) is 1.43. The highest BCUT2D eigenvalue weighted by Crippen LogP contribution is 2.27. The molecule has 1 aromatic rings. The molecule has 0 unspecified atom stereocenters. The molecule has 0 saturated carbocycles. The zero-order valence-electron chi connectivity index (χ0n) is 7.71. The highest BCUT2D eigenvalue weighted by Gasteiger charge is 2.20.